The third kappa shape index (κ3) is 3.04. The largest absolute Gasteiger partial charge is 0.383 e. The van der Waals surface area contributed by atoms with Gasteiger partial charge in [0.15, 0.2) is 0 Å². The summed E-state index contributed by atoms with van der Waals surface area (Å²) in [6.45, 7) is 3.60. The highest BCUT2D eigenvalue weighted by atomic mass is 79.9. The Morgan fingerprint density at radius 3 is 3.00 bits per heavy atom. The summed E-state index contributed by atoms with van der Waals surface area (Å²) >= 11 is 3.48. The number of hydrogen-bond acceptors (Lipinski definition) is 3. The number of ether oxygens (including phenoxy) is 1. The van der Waals surface area contributed by atoms with Crippen molar-refractivity contribution in [2.24, 2.45) is 0 Å². The second kappa shape index (κ2) is 6.11. The zero-order valence-electron chi connectivity index (χ0n) is 8.46. The number of aromatic nitrogens is 1. The van der Waals surface area contributed by atoms with Gasteiger partial charge in [0.05, 0.1) is 18.3 Å². The van der Waals surface area contributed by atoms with Gasteiger partial charge in [-0.25, -0.2) is 0 Å². The molecule has 0 aromatic carbocycles. The van der Waals surface area contributed by atoms with Gasteiger partial charge in [-0.05, 0) is 34.6 Å². The van der Waals surface area contributed by atoms with Gasteiger partial charge in [-0.2, -0.15) is 0 Å². The molecule has 1 aromatic rings. The minimum absolute atomic E-state index is 0.153. The van der Waals surface area contributed by atoms with E-state index < -0.39 is 0 Å². The maximum Gasteiger partial charge on any atom is 0.0744 e. The van der Waals surface area contributed by atoms with Crippen molar-refractivity contribution in [3.8, 4) is 0 Å². The Labute approximate surface area is 93.0 Å². The fraction of sp³-hybridized carbons (Fsp3) is 0.500. The Bertz CT molecular complexity index is 275. The summed E-state index contributed by atoms with van der Waals surface area (Å²) in [7, 11) is 1.70. The second-order valence-corrected chi connectivity index (χ2v) is 3.79. The molecule has 0 fully saturated rings. The van der Waals surface area contributed by atoms with Crippen LogP contribution in [0.2, 0.25) is 0 Å². The van der Waals surface area contributed by atoms with Crippen LogP contribution >= 0.6 is 15.9 Å². The van der Waals surface area contributed by atoms with Crippen LogP contribution in [-0.4, -0.2) is 25.2 Å². The molecule has 0 aliphatic carbocycles. The normalized spacial score (nSPS) is 12.8. The first-order valence-corrected chi connectivity index (χ1v) is 5.41. The highest BCUT2D eigenvalue weighted by molar-refractivity contribution is 9.10. The van der Waals surface area contributed by atoms with Crippen LogP contribution in [0.5, 0.6) is 0 Å². The molecule has 0 aliphatic rings. The lowest BCUT2D eigenvalue weighted by Crippen LogP contribution is -2.26. The molecule has 4 heteroatoms. The predicted octanol–water partition coefficient (Wildman–Crippen LogP) is 2.14. The van der Waals surface area contributed by atoms with Crippen LogP contribution in [-0.2, 0) is 4.74 Å². The van der Waals surface area contributed by atoms with Crippen molar-refractivity contribution in [2.75, 3.05) is 20.3 Å². The van der Waals surface area contributed by atoms with Gasteiger partial charge in [-0.1, -0.05) is 6.92 Å². The standard InChI is InChI=1S/C10H15BrN2O/c1-3-12-9(7-14-2)10-8(11)5-4-6-13-10/h4-6,9,12H,3,7H2,1-2H3. The van der Waals surface area contributed by atoms with Crippen LogP contribution in [0.3, 0.4) is 0 Å². The van der Waals surface area contributed by atoms with E-state index in [0.717, 1.165) is 16.7 Å². The number of rotatable bonds is 5. The molecule has 0 radical (unpaired) electrons. The van der Waals surface area contributed by atoms with Crippen molar-refractivity contribution in [1.29, 1.82) is 0 Å². The molecule has 1 atom stereocenters. The quantitative estimate of drug-likeness (QED) is 0.879. The SMILES string of the molecule is CCNC(COC)c1ncccc1Br. The first kappa shape index (κ1) is 11.6. The second-order valence-electron chi connectivity index (χ2n) is 2.94. The van der Waals surface area contributed by atoms with Crippen LogP contribution in [0.15, 0.2) is 22.8 Å². The van der Waals surface area contributed by atoms with E-state index in [1.165, 1.54) is 0 Å². The van der Waals surface area contributed by atoms with E-state index in [0.29, 0.717) is 6.61 Å². The van der Waals surface area contributed by atoms with Crippen molar-refractivity contribution < 1.29 is 4.74 Å². The van der Waals surface area contributed by atoms with Crippen LogP contribution in [0.25, 0.3) is 0 Å². The summed E-state index contributed by atoms with van der Waals surface area (Å²) in [6, 6.07) is 4.05. The number of halogens is 1. The Balaban J connectivity index is 2.81. The average Bonchev–Trinajstić information content (AvgIpc) is 2.18. The monoisotopic (exact) mass is 258 g/mol. The predicted molar refractivity (Wildman–Crippen MR) is 60.2 cm³/mol. The van der Waals surface area contributed by atoms with Gasteiger partial charge < -0.3 is 10.1 Å². The molecule has 1 N–H and O–H groups in total. The summed E-state index contributed by atoms with van der Waals surface area (Å²) in [4.78, 5) is 4.33. The number of methoxy groups -OCH3 is 1. The molecule has 3 nitrogen and oxygen atoms in total. The Morgan fingerprint density at radius 1 is 1.64 bits per heavy atom. The molecule has 0 amide bonds. The van der Waals surface area contributed by atoms with Crippen LogP contribution in [0.1, 0.15) is 18.7 Å². The molecule has 0 saturated carbocycles. The van der Waals surface area contributed by atoms with E-state index in [2.05, 4.69) is 33.2 Å². The maximum atomic E-state index is 5.14. The number of hydrogen-bond donors (Lipinski definition) is 1. The van der Waals surface area contributed by atoms with E-state index in [9.17, 15) is 0 Å². The van der Waals surface area contributed by atoms with E-state index in [4.69, 9.17) is 4.74 Å². The fourth-order valence-electron chi connectivity index (χ4n) is 1.30. The molecule has 1 aromatic heterocycles. The van der Waals surface area contributed by atoms with Gasteiger partial charge in [-0.3, -0.25) is 4.98 Å². The van der Waals surface area contributed by atoms with Crippen LogP contribution in [0, 0.1) is 0 Å². The van der Waals surface area contributed by atoms with Crippen LogP contribution in [0.4, 0.5) is 0 Å². The first-order chi connectivity index (χ1) is 6.79. The van der Waals surface area contributed by atoms with Crippen molar-refractivity contribution in [2.45, 2.75) is 13.0 Å². The number of pyridine rings is 1. The summed E-state index contributed by atoms with van der Waals surface area (Å²) in [5.74, 6) is 0. The van der Waals surface area contributed by atoms with Crippen molar-refractivity contribution in [1.82, 2.24) is 10.3 Å². The minimum atomic E-state index is 0.153. The molecular weight excluding hydrogens is 244 g/mol. The highest BCUT2D eigenvalue weighted by Gasteiger charge is 2.13. The first-order valence-electron chi connectivity index (χ1n) is 4.62. The average molecular weight is 259 g/mol. The van der Waals surface area contributed by atoms with Gasteiger partial charge in [0.25, 0.3) is 0 Å². The van der Waals surface area contributed by atoms with Gasteiger partial charge in [0.2, 0.25) is 0 Å². The summed E-state index contributed by atoms with van der Waals surface area (Å²) in [5.41, 5.74) is 0.996. The van der Waals surface area contributed by atoms with E-state index in [-0.39, 0.29) is 6.04 Å². The Kier molecular flexibility index (Phi) is 5.07. The van der Waals surface area contributed by atoms with Crippen molar-refractivity contribution in [3.63, 3.8) is 0 Å². The number of nitrogens with one attached hydrogen (secondary N) is 1. The summed E-state index contributed by atoms with van der Waals surface area (Å²) in [5, 5.41) is 3.32. The topological polar surface area (TPSA) is 34.1 Å². The lowest BCUT2D eigenvalue weighted by atomic mass is 10.2. The molecule has 1 heterocycles. The smallest absolute Gasteiger partial charge is 0.0744 e. The van der Waals surface area contributed by atoms with Crippen molar-refractivity contribution >= 4 is 15.9 Å². The highest BCUT2D eigenvalue weighted by Crippen LogP contribution is 2.20. The summed E-state index contributed by atoms with van der Waals surface area (Å²) < 4.78 is 6.16. The minimum Gasteiger partial charge on any atom is -0.383 e. The molecular formula is C10H15BrN2O. The third-order valence-electron chi connectivity index (χ3n) is 1.90. The molecule has 0 bridgehead atoms. The van der Waals surface area contributed by atoms with Gasteiger partial charge >= 0.3 is 0 Å². The van der Waals surface area contributed by atoms with E-state index in [1.807, 2.05) is 12.1 Å². The van der Waals surface area contributed by atoms with Gasteiger partial charge in [0, 0.05) is 17.8 Å². The third-order valence-corrected chi connectivity index (χ3v) is 2.57. The lowest BCUT2D eigenvalue weighted by Gasteiger charge is -2.17. The molecule has 0 saturated heterocycles. The lowest BCUT2D eigenvalue weighted by molar-refractivity contribution is 0.166. The van der Waals surface area contributed by atoms with Gasteiger partial charge in [-0.15, -0.1) is 0 Å². The molecule has 0 aliphatic heterocycles. The number of likely N-dealkylation sites (N-methyl/N-ethyl adjacent to an activating group) is 1. The molecule has 78 valence electrons. The summed E-state index contributed by atoms with van der Waals surface area (Å²) in [6.07, 6.45) is 1.79. The molecule has 1 unspecified atom stereocenters. The van der Waals surface area contributed by atoms with E-state index in [1.54, 1.807) is 13.3 Å². The van der Waals surface area contributed by atoms with Gasteiger partial charge in [0.1, 0.15) is 0 Å². The fourth-order valence-corrected chi connectivity index (χ4v) is 1.83. The van der Waals surface area contributed by atoms with E-state index >= 15 is 0 Å². The molecule has 1 rings (SSSR count). The van der Waals surface area contributed by atoms with Crippen molar-refractivity contribution in [3.05, 3.63) is 28.5 Å². The number of nitrogens with zero attached hydrogens (tertiary/aromatic N) is 1. The maximum absolute atomic E-state index is 5.14. The Morgan fingerprint density at radius 2 is 2.43 bits per heavy atom. The zero-order valence-corrected chi connectivity index (χ0v) is 10.0. The van der Waals surface area contributed by atoms with Crippen LogP contribution < -0.4 is 5.32 Å². The molecule has 14 heavy (non-hydrogen) atoms. The molecule has 0 spiro atoms. The Hall–Kier alpha value is -0.450. The zero-order chi connectivity index (χ0) is 10.4.